The average Bonchev–Trinajstić information content (AvgIpc) is 3.26. The van der Waals surface area contributed by atoms with E-state index in [0.29, 0.717) is 36.0 Å². The number of hydrogen-bond acceptors (Lipinski definition) is 7. The Bertz CT molecular complexity index is 1030. The lowest BCUT2D eigenvalue weighted by Gasteiger charge is -2.26. The van der Waals surface area contributed by atoms with E-state index in [-0.39, 0.29) is 17.5 Å². The Morgan fingerprint density at radius 2 is 2.19 bits per heavy atom. The van der Waals surface area contributed by atoms with Crippen molar-refractivity contribution >= 4 is 44.2 Å². The number of amides is 2. The van der Waals surface area contributed by atoms with Gasteiger partial charge in [-0.3, -0.25) is 19.9 Å². The number of nitrogens with zero attached hydrogens (tertiary/aromatic N) is 4. The summed E-state index contributed by atoms with van der Waals surface area (Å²) in [6.45, 7) is 2.74. The number of thiazole rings is 1. The van der Waals surface area contributed by atoms with Crippen molar-refractivity contribution in [3.8, 4) is 0 Å². The lowest BCUT2D eigenvalue weighted by atomic mass is 10.1. The number of nitrogens with one attached hydrogen (secondary N) is 1. The first-order valence-corrected chi connectivity index (χ1v) is 9.73. The van der Waals surface area contributed by atoms with Crippen molar-refractivity contribution in [3.63, 3.8) is 0 Å². The summed E-state index contributed by atoms with van der Waals surface area (Å²) in [5.41, 5.74) is 1.65. The van der Waals surface area contributed by atoms with Gasteiger partial charge in [0.1, 0.15) is 5.76 Å². The van der Waals surface area contributed by atoms with Gasteiger partial charge in [-0.25, -0.2) is 4.98 Å². The number of aryl methyl sites for hydroxylation is 1. The van der Waals surface area contributed by atoms with Gasteiger partial charge in [-0.05, 0) is 28.9 Å². The van der Waals surface area contributed by atoms with Crippen molar-refractivity contribution < 1.29 is 14.1 Å². The zero-order valence-electron chi connectivity index (χ0n) is 14.2. The molecule has 1 aliphatic heterocycles. The van der Waals surface area contributed by atoms with Crippen LogP contribution in [0.1, 0.15) is 37.2 Å². The Morgan fingerprint density at radius 1 is 1.33 bits per heavy atom. The topological polar surface area (TPSA) is 101 Å². The van der Waals surface area contributed by atoms with Crippen LogP contribution in [0.2, 0.25) is 0 Å². The normalized spacial score (nSPS) is 13.3. The maximum absolute atomic E-state index is 12.7. The third kappa shape index (κ3) is 3.76. The highest BCUT2D eigenvalue weighted by molar-refractivity contribution is 9.10. The highest BCUT2D eigenvalue weighted by Gasteiger charge is 2.26. The molecule has 0 spiro atoms. The van der Waals surface area contributed by atoms with E-state index in [9.17, 15) is 9.59 Å². The summed E-state index contributed by atoms with van der Waals surface area (Å²) in [6, 6.07) is 3.32. The molecule has 0 fully saturated rings. The Morgan fingerprint density at radius 3 is 2.93 bits per heavy atom. The standard InChI is InChI=1S/C17H14BrN5O3S/c1-9-4-13(22-26-9)15(24)21-17-20-12-2-3-23(8-14(12)27-17)16(25)10-5-11(18)7-19-6-10/h4-7H,2-3,8H2,1H3,(H,20,21,24). The lowest BCUT2D eigenvalue weighted by Crippen LogP contribution is -2.35. The van der Waals surface area contributed by atoms with Crippen molar-refractivity contribution in [2.75, 3.05) is 11.9 Å². The van der Waals surface area contributed by atoms with Crippen LogP contribution >= 0.6 is 27.3 Å². The van der Waals surface area contributed by atoms with E-state index in [1.165, 1.54) is 11.3 Å². The van der Waals surface area contributed by atoms with Crippen molar-refractivity contribution in [1.29, 1.82) is 0 Å². The number of fused-ring (bicyclic) bond motifs is 1. The summed E-state index contributed by atoms with van der Waals surface area (Å²) in [4.78, 5) is 36.1. The van der Waals surface area contributed by atoms with Crippen molar-refractivity contribution in [2.45, 2.75) is 19.9 Å². The number of pyridine rings is 1. The smallest absolute Gasteiger partial charge is 0.279 e. The maximum Gasteiger partial charge on any atom is 0.279 e. The van der Waals surface area contributed by atoms with Crippen LogP contribution in [-0.2, 0) is 13.0 Å². The zero-order chi connectivity index (χ0) is 19.0. The number of carbonyl (C=O) groups is 2. The van der Waals surface area contributed by atoms with E-state index >= 15 is 0 Å². The monoisotopic (exact) mass is 447 g/mol. The second kappa shape index (κ2) is 7.20. The molecule has 0 bridgehead atoms. The van der Waals surface area contributed by atoms with Crippen molar-refractivity contribution in [3.05, 3.63) is 56.6 Å². The molecule has 27 heavy (non-hydrogen) atoms. The van der Waals surface area contributed by atoms with E-state index in [4.69, 9.17) is 4.52 Å². The summed E-state index contributed by atoms with van der Waals surface area (Å²) in [5, 5.41) is 6.93. The fraction of sp³-hybridized carbons (Fsp3) is 0.235. The van der Waals surface area contributed by atoms with E-state index in [0.717, 1.165) is 15.0 Å². The number of hydrogen-bond donors (Lipinski definition) is 1. The Kier molecular flexibility index (Phi) is 4.75. The van der Waals surface area contributed by atoms with Gasteiger partial charge in [0.05, 0.1) is 17.8 Å². The van der Waals surface area contributed by atoms with Gasteiger partial charge in [-0.15, -0.1) is 0 Å². The first-order valence-electron chi connectivity index (χ1n) is 8.12. The molecule has 1 N–H and O–H groups in total. The van der Waals surface area contributed by atoms with Crippen molar-refractivity contribution in [2.24, 2.45) is 0 Å². The summed E-state index contributed by atoms with van der Waals surface area (Å²) in [5.74, 6) is 0.118. The Labute approximate surface area is 166 Å². The molecule has 3 aromatic heterocycles. The summed E-state index contributed by atoms with van der Waals surface area (Å²) in [7, 11) is 0. The molecule has 10 heteroatoms. The van der Waals surface area contributed by atoms with Crippen LogP contribution in [0.25, 0.3) is 0 Å². The summed E-state index contributed by atoms with van der Waals surface area (Å²) < 4.78 is 5.68. The fourth-order valence-electron chi connectivity index (χ4n) is 2.77. The lowest BCUT2D eigenvalue weighted by molar-refractivity contribution is 0.0735. The maximum atomic E-state index is 12.7. The molecule has 0 saturated carbocycles. The second-order valence-electron chi connectivity index (χ2n) is 6.03. The van der Waals surface area contributed by atoms with Crippen LogP contribution in [0.3, 0.4) is 0 Å². The highest BCUT2D eigenvalue weighted by Crippen LogP contribution is 2.29. The van der Waals surface area contributed by atoms with E-state index in [1.54, 1.807) is 36.4 Å². The van der Waals surface area contributed by atoms with E-state index in [1.807, 2.05) is 0 Å². The first kappa shape index (κ1) is 17.8. The molecule has 0 aromatic carbocycles. The molecule has 4 rings (SSSR count). The van der Waals surface area contributed by atoms with Gasteiger partial charge in [0, 0.05) is 40.8 Å². The third-order valence-electron chi connectivity index (χ3n) is 4.05. The van der Waals surface area contributed by atoms with Gasteiger partial charge in [0.2, 0.25) is 0 Å². The Balaban J connectivity index is 1.47. The molecule has 0 atom stereocenters. The van der Waals surface area contributed by atoms with Crippen LogP contribution in [0.4, 0.5) is 5.13 Å². The quantitative estimate of drug-likeness (QED) is 0.661. The van der Waals surface area contributed by atoms with Crippen LogP contribution in [0.15, 0.2) is 33.5 Å². The SMILES string of the molecule is Cc1cc(C(=O)Nc2nc3c(s2)CN(C(=O)c2cncc(Br)c2)CC3)no1. The van der Waals surface area contributed by atoms with E-state index in [2.05, 4.69) is 36.4 Å². The third-order valence-corrected chi connectivity index (χ3v) is 5.48. The average molecular weight is 448 g/mol. The zero-order valence-corrected chi connectivity index (χ0v) is 16.6. The predicted molar refractivity (Wildman–Crippen MR) is 102 cm³/mol. The largest absolute Gasteiger partial charge is 0.361 e. The number of carbonyl (C=O) groups excluding carboxylic acids is 2. The van der Waals surface area contributed by atoms with Crippen LogP contribution < -0.4 is 5.32 Å². The van der Waals surface area contributed by atoms with Gasteiger partial charge in [-0.1, -0.05) is 16.5 Å². The van der Waals surface area contributed by atoms with Crippen molar-refractivity contribution in [1.82, 2.24) is 20.0 Å². The van der Waals surface area contributed by atoms with Crippen LogP contribution in [0, 0.1) is 6.92 Å². The van der Waals surface area contributed by atoms with Gasteiger partial charge >= 0.3 is 0 Å². The molecular formula is C17H14BrN5O3S. The molecule has 3 aromatic rings. The van der Waals surface area contributed by atoms with E-state index < -0.39 is 0 Å². The van der Waals surface area contributed by atoms with Gasteiger partial charge in [0.25, 0.3) is 11.8 Å². The van der Waals surface area contributed by atoms with Crippen LogP contribution in [0.5, 0.6) is 0 Å². The molecule has 0 radical (unpaired) electrons. The summed E-state index contributed by atoms with van der Waals surface area (Å²) >= 11 is 4.70. The number of halogens is 1. The van der Waals surface area contributed by atoms with Gasteiger partial charge < -0.3 is 9.42 Å². The number of rotatable bonds is 3. The molecule has 4 heterocycles. The van der Waals surface area contributed by atoms with Gasteiger partial charge in [-0.2, -0.15) is 0 Å². The highest BCUT2D eigenvalue weighted by atomic mass is 79.9. The molecule has 138 valence electrons. The van der Waals surface area contributed by atoms with Gasteiger partial charge in [0.15, 0.2) is 10.8 Å². The molecular weight excluding hydrogens is 434 g/mol. The molecule has 1 aliphatic rings. The molecule has 0 saturated heterocycles. The minimum absolute atomic E-state index is 0.0773. The second-order valence-corrected chi connectivity index (χ2v) is 8.03. The number of anilines is 1. The predicted octanol–water partition coefficient (Wildman–Crippen LogP) is 3.05. The first-order chi connectivity index (χ1) is 13.0. The Hall–Kier alpha value is -2.59. The summed E-state index contributed by atoms with van der Waals surface area (Å²) in [6.07, 6.45) is 3.83. The minimum Gasteiger partial charge on any atom is -0.361 e. The molecule has 0 unspecified atom stereocenters. The molecule has 8 nitrogen and oxygen atoms in total. The number of aromatic nitrogens is 3. The fourth-order valence-corrected chi connectivity index (χ4v) is 4.15. The molecule has 0 aliphatic carbocycles. The van der Waals surface area contributed by atoms with Crippen LogP contribution in [-0.4, -0.2) is 38.4 Å². The molecule has 2 amide bonds. The minimum atomic E-state index is -0.369.